The van der Waals surface area contributed by atoms with Gasteiger partial charge in [0.15, 0.2) is 0 Å². The molecule has 0 bridgehead atoms. The monoisotopic (exact) mass is 291 g/mol. The predicted octanol–water partition coefficient (Wildman–Crippen LogP) is 0.426. The van der Waals surface area contributed by atoms with Gasteiger partial charge < -0.3 is 24.6 Å². The zero-order chi connectivity index (χ0) is 15.2. The molecule has 0 aromatic heterocycles. The third kappa shape index (κ3) is 13.3. The molecule has 1 atom stereocenters. The average Bonchev–Trinajstić information content (AvgIpc) is 2.42. The molecule has 0 saturated heterocycles. The summed E-state index contributed by atoms with van der Waals surface area (Å²) in [7, 11) is 1.67. The van der Waals surface area contributed by atoms with E-state index in [1.165, 1.54) is 0 Å². The van der Waals surface area contributed by atoms with Crippen LogP contribution >= 0.6 is 0 Å². The minimum atomic E-state index is -0.976. The van der Waals surface area contributed by atoms with Gasteiger partial charge in [-0.05, 0) is 13.3 Å². The number of ether oxygens (including phenoxy) is 3. The van der Waals surface area contributed by atoms with E-state index in [4.69, 9.17) is 19.3 Å². The molecule has 118 valence electrons. The molecule has 0 aliphatic carbocycles. The molecule has 2 N–H and O–H groups in total. The second kappa shape index (κ2) is 12.8. The van der Waals surface area contributed by atoms with Crippen LogP contribution in [-0.2, 0) is 23.8 Å². The molecule has 0 spiro atoms. The van der Waals surface area contributed by atoms with Gasteiger partial charge in [-0.3, -0.25) is 9.59 Å². The van der Waals surface area contributed by atoms with Gasteiger partial charge >= 0.3 is 5.97 Å². The average molecular weight is 291 g/mol. The van der Waals surface area contributed by atoms with Crippen LogP contribution in [0.3, 0.4) is 0 Å². The topological polar surface area (TPSA) is 94.1 Å². The summed E-state index contributed by atoms with van der Waals surface area (Å²) < 4.78 is 15.7. The highest BCUT2D eigenvalue weighted by atomic mass is 16.5. The zero-order valence-electron chi connectivity index (χ0n) is 12.2. The molecule has 1 amide bonds. The number of hydrogen-bond acceptors (Lipinski definition) is 5. The number of nitrogens with one attached hydrogen (secondary N) is 1. The van der Waals surface area contributed by atoms with Crippen molar-refractivity contribution in [3.8, 4) is 0 Å². The highest BCUT2D eigenvalue weighted by molar-refractivity contribution is 5.80. The van der Waals surface area contributed by atoms with Crippen molar-refractivity contribution >= 4 is 11.9 Å². The van der Waals surface area contributed by atoms with Gasteiger partial charge in [-0.2, -0.15) is 0 Å². The van der Waals surface area contributed by atoms with Gasteiger partial charge in [-0.1, -0.05) is 0 Å². The molecular weight excluding hydrogens is 266 g/mol. The number of methoxy groups -OCH3 is 1. The standard InChI is InChI=1S/C13H25NO6/c1-11(18-2)5-7-19-9-10-20-8-6-14-12(15)3-4-13(16)17/h11H,3-10H2,1-2H3,(H,14,15)(H,16,17). The second-order valence-electron chi connectivity index (χ2n) is 4.30. The summed E-state index contributed by atoms with van der Waals surface area (Å²) >= 11 is 0. The van der Waals surface area contributed by atoms with Crippen molar-refractivity contribution in [1.29, 1.82) is 0 Å². The molecule has 7 nitrogen and oxygen atoms in total. The van der Waals surface area contributed by atoms with Crippen LogP contribution in [-0.4, -0.2) is 63.2 Å². The number of carbonyl (C=O) groups is 2. The van der Waals surface area contributed by atoms with Crippen LogP contribution in [0.4, 0.5) is 0 Å². The first kappa shape index (κ1) is 18.8. The molecule has 7 heteroatoms. The summed E-state index contributed by atoms with van der Waals surface area (Å²) in [6.45, 7) is 4.34. The summed E-state index contributed by atoms with van der Waals surface area (Å²) in [5, 5.41) is 11.0. The Labute approximate surface area is 119 Å². The Hall–Kier alpha value is -1.18. The number of rotatable bonds is 13. The molecule has 0 radical (unpaired) electrons. The lowest BCUT2D eigenvalue weighted by Gasteiger charge is -2.10. The van der Waals surface area contributed by atoms with Crippen LogP contribution in [0.1, 0.15) is 26.2 Å². The van der Waals surface area contributed by atoms with Gasteiger partial charge in [0, 0.05) is 26.7 Å². The quantitative estimate of drug-likeness (QED) is 0.478. The number of carboxylic acids is 1. The molecule has 0 saturated carbocycles. The smallest absolute Gasteiger partial charge is 0.303 e. The van der Waals surface area contributed by atoms with Crippen molar-refractivity contribution in [2.75, 3.05) is 40.1 Å². The molecule has 0 aromatic carbocycles. The lowest BCUT2D eigenvalue weighted by Crippen LogP contribution is -2.27. The van der Waals surface area contributed by atoms with E-state index in [9.17, 15) is 9.59 Å². The maximum absolute atomic E-state index is 11.1. The van der Waals surface area contributed by atoms with Crippen LogP contribution < -0.4 is 5.32 Å². The minimum absolute atomic E-state index is 0.00384. The Morgan fingerprint density at radius 3 is 2.35 bits per heavy atom. The van der Waals surface area contributed by atoms with Crippen molar-refractivity contribution in [1.82, 2.24) is 5.32 Å². The lowest BCUT2D eigenvalue weighted by atomic mass is 10.3. The fraction of sp³-hybridized carbons (Fsp3) is 0.846. The van der Waals surface area contributed by atoms with Crippen LogP contribution in [0, 0.1) is 0 Å². The molecule has 0 aliphatic heterocycles. The third-order valence-electron chi connectivity index (χ3n) is 2.58. The first-order valence-corrected chi connectivity index (χ1v) is 6.73. The number of aliphatic carboxylic acids is 1. The summed E-state index contributed by atoms with van der Waals surface area (Å²) in [6.07, 6.45) is 0.879. The Morgan fingerprint density at radius 1 is 1.10 bits per heavy atom. The van der Waals surface area contributed by atoms with Gasteiger partial charge in [-0.25, -0.2) is 0 Å². The van der Waals surface area contributed by atoms with Crippen LogP contribution in [0.2, 0.25) is 0 Å². The van der Waals surface area contributed by atoms with Crippen LogP contribution in [0.5, 0.6) is 0 Å². The predicted molar refractivity (Wildman–Crippen MR) is 72.6 cm³/mol. The van der Waals surface area contributed by atoms with Gasteiger partial charge in [-0.15, -0.1) is 0 Å². The highest BCUT2D eigenvalue weighted by Gasteiger charge is 2.04. The summed E-state index contributed by atoms with van der Waals surface area (Å²) in [5.74, 6) is -1.25. The Kier molecular flexibility index (Phi) is 12.1. The molecule has 0 fully saturated rings. The van der Waals surface area contributed by atoms with E-state index >= 15 is 0 Å². The maximum atomic E-state index is 11.1. The number of carboxylic acid groups (broad SMARTS) is 1. The third-order valence-corrected chi connectivity index (χ3v) is 2.58. The number of hydrogen-bond donors (Lipinski definition) is 2. The summed E-state index contributed by atoms with van der Waals surface area (Å²) in [6, 6.07) is 0. The molecule has 0 heterocycles. The van der Waals surface area contributed by atoms with Crippen molar-refractivity contribution in [3.63, 3.8) is 0 Å². The lowest BCUT2D eigenvalue weighted by molar-refractivity contribution is -0.138. The van der Waals surface area contributed by atoms with Gasteiger partial charge in [0.2, 0.25) is 5.91 Å². The number of carbonyl (C=O) groups excluding carboxylic acids is 1. The Balaban J connectivity index is 3.20. The SMILES string of the molecule is COC(C)CCOCCOCCNC(=O)CCC(=O)O. The van der Waals surface area contributed by atoms with E-state index in [0.29, 0.717) is 33.0 Å². The van der Waals surface area contributed by atoms with Gasteiger partial charge in [0.05, 0.1) is 32.3 Å². The van der Waals surface area contributed by atoms with E-state index < -0.39 is 5.97 Å². The first-order chi connectivity index (χ1) is 9.56. The highest BCUT2D eigenvalue weighted by Crippen LogP contribution is 1.95. The van der Waals surface area contributed by atoms with E-state index in [-0.39, 0.29) is 24.9 Å². The van der Waals surface area contributed by atoms with Crippen molar-refractivity contribution < 1.29 is 28.9 Å². The van der Waals surface area contributed by atoms with Crippen LogP contribution in [0.15, 0.2) is 0 Å². The van der Waals surface area contributed by atoms with E-state index in [2.05, 4.69) is 5.32 Å². The molecule has 20 heavy (non-hydrogen) atoms. The van der Waals surface area contributed by atoms with Crippen molar-refractivity contribution in [2.24, 2.45) is 0 Å². The fourth-order valence-electron chi connectivity index (χ4n) is 1.26. The Bertz CT molecular complexity index is 272. The summed E-state index contributed by atoms with van der Waals surface area (Å²) in [4.78, 5) is 21.4. The second-order valence-corrected chi connectivity index (χ2v) is 4.30. The van der Waals surface area contributed by atoms with Crippen LogP contribution in [0.25, 0.3) is 0 Å². The molecule has 0 aliphatic rings. The zero-order valence-corrected chi connectivity index (χ0v) is 12.2. The first-order valence-electron chi connectivity index (χ1n) is 6.73. The normalized spacial score (nSPS) is 12.1. The van der Waals surface area contributed by atoms with Gasteiger partial charge in [0.1, 0.15) is 0 Å². The van der Waals surface area contributed by atoms with Gasteiger partial charge in [0.25, 0.3) is 0 Å². The fourth-order valence-corrected chi connectivity index (χ4v) is 1.26. The van der Waals surface area contributed by atoms with Crippen molar-refractivity contribution in [3.05, 3.63) is 0 Å². The summed E-state index contributed by atoms with van der Waals surface area (Å²) in [5.41, 5.74) is 0. The minimum Gasteiger partial charge on any atom is -0.481 e. The van der Waals surface area contributed by atoms with E-state index in [1.54, 1.807) is 7.11 Å². The van der Waals surface area contributed by atoms with E-state index in [1.807, 2.05) is 6.92 Å². The largest absolute Gasteiger partial charge is 0.481 e. The molecule has 0 aromatic rings. The van der Waals surface area contributed by atoms with Crippen molar-refractivity contribution in [2.45, 2.75) is 32.3 Å². The molecule has 1 unspecified atom stereocenters. The maximum Gasteiger partial charge on any atom is 0.303 e. The molecular formula is C13H25NO6. The molecule has 0 rings (SSSR count). The Morgan fingerprint density at radius 2 is 1.75 bits per heavy atom. The van der Waals surface area contributed by atoms with E-state index in [0.717, 1.165) is 6.42 Å². The number of amides is 1.